The van der Waals surface area contributed by atoms with Gasteiger partial charge in [-0.25, -0.2) is 4.68 Å². The van der Waals surface area contributed by atoms with E-state index in [9.17, 15) is 5.11 Å². The summed E-state index contributed by atoms with van der Waals surface area (Å²) in [4.78, 5) is -0.548. The zero-order chi connectivity index (χ0) is 14.1. The van der Waals surface area contributed by atoms with Crippen LogP contribution in [0.4, 0.5) is 0 Å². The molecule has 1 aliphatic rings. The minimum atomic E-state index is -0.999. The molecule has 0 radical (unpaired) electrons. The summed E-state index contributed by atoms with van der Waals surface area (Å²) in [5.41, 5.74) is -0.999. The van der Waals surface area contributed by atoms with Crippen molar-refractivity contribution >= 4 is 34.8 Å². The zero-order valence-electron chi connectivity index (χ0n) is 10.8. The number of aromatic nitrogens is 3. The Kier molecular flexibility index (Phi) is 4.36. The first kappa shape index (κ1) is 15.4. The minimum Gasteiger partial charge on any atom is -0.386 e. The Hall–Kier alpha value is -0.0300. The highest BCUT2D eigenvalue weighted by atomic mass is 35.5. The lowest BCUT2D eigenvalue weighted by atomic mass is 9.90. The molecule has 1 aromatic heterocycles. The number of hydrogen-bond acceptors (Lipinski definition) is 3. The molecule has 0 unspecified atom stereocenters. The van der Waals surface area contributed by atoms with E-state index < -0.39 is 14.8 Å². The highest BCUT2D eigenvalue weighted by Crippen LogP contribution is 2.53. The van der Waals surface area contributed by atoms with Gasteiger partial charge in [-0.1, -0.05) is 5.21 Å². The zero-order valence-corrected chi connectivity index (χ0v) is 13.1. The Labute approximate surface area is 128 Å². The molecule has 108 valence electrons. The quantitative estimate of drug-likeness (QED) is 0.783. The predicted molar refractivity (Wildman–Crippen MR) is 76.8 cm³/mol. The molecule has 0 aliphatic heterocycles. The summed E-state index contributed by atoms with van der Waals surface area (Å²) in [6, 6.07) is 0. The third-order valence-electron chi connectivity index (χ3n) is 3.62. The van der Waals surface area contributed by atoms with Crippen LogP contribution in [0.1, 0.15) is 39.0 Å². The van der Waals surface area contributed by atoms with Gasteiger partial charge >= 0.3 is 0 Å². The summed E-state index contributed by atoms with van der Waals surface area (Å²) in [5, 5.41) is 18.5. The molecule has 0 aromatic carbocycles. The number of nitrogens with zero attached hydrogens (tertiary/aromatic N) is 3. The maximum absolute atomic E-state index is 10.9. The van der Waals surface area contributed by atoms with E-state index in [1.54, 1.807) is 24.0 Å². The maximum Gasteiger partial charge on any atom is 0.115 e. The van der Waals surface area contributed by atoms with Gasteiger partial charge in [-0.15, -0.1) is 39.9 Å². The Balaban J connectivity index is 1.99. The van der Waals surface area contributed by atoms with Crippen molar-refractivity contribution in [2.24, 2.45) is 0 Å². The monoisotopic (exact) mass is 325 g/mol. The van der Waals surface area contributed by atoms with Gasteiger partial charge in [0.1, 0.15) is 9.93 Å². The predicted octanol–water partition coefficient (Wildman–Crippen LogP) is 3.14. The normalized spacial score (nSPS) is 21.1. The smallest absolute Gasteiger partial charge is 0.115 e. The molecule has 4 nitrogen and oxygen atoms in total. The van der Waals surface area contributed by atoms with Crippen molar-refractivity contribution in [3.05, 3.63) is 12.4 Å². The lowest BCUT2D eigenvalue weighted by Crippen LogP contribution is -2.45. The van der Waals surface area contributed by atoms with Crippen LogP contribution in [0, 0.1) is 0 Å². The molecule has 1 heterocycles. The summed E-state index contributed by atoms with van der Waals surface area (Å²) in [6.45, 7) is 2.10. The van der Waals surface area contributed by atoms with Gasteiger partial charge in [-0.05, 0) is 39.0 Å². The Morgan fingerprint density at radius 1 is 1.37 bits per heavy atom. The molecule has 1 aliphatic carbocycles. The van der Waals surface area contributed by atoms with Crippen LogP contribution in [0.3, 0.4) is 0 Å². The van der Waals surface area contributed by atoms with E-state index in [1.165, 1.54) is 0 Å². The van der Waals surface area contributed by atoms with E-state index in [4.69, 9.17) is 34.8 Å². The minimum absolute atomic E-state index is 0.345. The molecule has 0 bridgehead atoms. The van der Waals surface area contributed by atoms with E-state index in [0.717, 1.165) is 12.8 Å². The molecule has 1 N–H and O–H groups in total. The average molecular weight is 327 g/mol. The lowest BCUT2D eigenvalue weighted by molar-refractivity contribution is -0.00334. The Bertz CT molecular complexity index is 414. The third kappa shape index (κ3) is 3.97. The molecule has 2 rings (SSSR count). The molecular weight excluding hydrogens is 309 g/mol. The van der Waals surface area contributed by atoms with Crippen molar-refractivity contribution in [1.29, 1.82) is 0 Å². The van der Waals surface area contributed by atoms with Gasteiger partial charge in [-0.2, -0.15) is 0 Å². The van der Waals surface area contributed by atoms with Crippen molar-refractivity contribution in [3.63, 3.8) is 0 Å². The molecule has 1 saturated carbocycles. The van der Waals surface area contributed by atoms with E-state index in [2.05, 4.69) is 10.3 Å². The van der Waals surface area contributed by atoms with Crippen LogP contribution in [-0.2, 0) is 6.54 Å². The van der Waals surface area contributed by atoms with E-state index in [-0.39, 0.29) is 0 Å². The molecule has 1 fully saturated rings. The van der Waals surface area contributed by atoms with Crippen LogP contribution in [0.25, 0.3) is 0 Å². The molecule has 0 saturated heterocycles. The highest BCUT2D eigenvalue weighted by molar-refractivity contribution is 6.48. The standard InChI is InChI=1S/C12H18Cl3N3O/c1-10(13,14)3-2-4-12(19,11(15)5-6-11)9-18-8-7-16-17-18/h7-8,19H,2-6,9H2,1H3/t12-/m0/s1. The molecule has 19 heavy (non-hydrogen) atoms. The molecule has 7 heteroatoms. The second-order valence-corrected chi connectivity index (χ2v) is 8.11. The van der Waals surface area contributed by atoms with E-state index in [0.29, 0.717) is 25.8 Å². The van der Waals surface area contributed by atoms with Gasteiger partial charge in [0.2, 0.25) is 0 Å². The van der Waals surface area contributed by atoms with Crippen LogP contribution in [0.5, 0.6) is 0 Å². The maximum atomic E-state index is 10.9. The Morgan fingerprint density at radius 2 is 2.05 bits per heavy atom. The van der Waals surface area contributed by atoms with Gasteiger partial charge in [0.25, 0.3) is 0 Å². The van der Waals surface area contributed by atoms with Crippen LogP contribution in [0.15, 0.2) is 12.4 Å². The van der Waals surface area contributed by atoms with E-state index >= 15 is 0 Å². The molecule has 1 aromatic rings. The number of aliphatic hydroxyl groups is 1. The summed E-state index contributed by atoms with van der Waals surface area (Å²) >= 11 is 18.4. The molecule has 0 spiro atoms. The van der Waals surface area contributed by atoms with Crippen molar-refractivity contribution in [2.75, 3.05) is 0 Å². The number of rotatable bonds is 7. The van der Waals surface area contributed by atoms with Crippen LogP contribution in [0.2, 0.25) is 0 Å². The SMILES string of the molecule is CC(Cl)(Cl)CCC[C@](O)(Cn1ccnn1)C1(Cl)CC1. The Morgan fingerprint density at radius 3 is 2.53 bits per heavy atom. The van der Waals surface area contributed by atoms with Gasteiger partial charge < -0.3 is 5.11 Å². The number of halogens is 3. The average Bonchev–Trinajstić information content (AvgIpc) is 2.85. The summed E-state index contributed by atoms with van der Waals surface area (Å²) < 4.78 is 0.847. The second kappa shape index (κ2) is 5.40. The van der Waals surface area contributed by atoms with E-state index in [1.807, 2.05) is 0 Å². The fourth-order valence-electron chi connectivity index (χ4n) is 2.30. The van der Waals surface area contributed by atoms with Crippen molar-refractivity contribution < 1.29 is 5.11 Å². The number of alkyl halides is 3. The fourth-order valence-corrected chi connectivity index (χ4v) is 2.81. The topological polar surface area (TPSA) is 50.9 Å². The largest absolute Gasteiger partial charge is 0.386 e. The van der Waals surface area contributed by atoms with Crippen LogP contribution in [-0.4, -0.2) is 34.9 Å². The van der Waals surface area contributed by atoms with Crippen molar-refractivity contribution in [2.45, 2.75) is 60.4 Å². The lowest BCUT2D eigenvalue weighted by Gasteiger charge is -2.33. The first-order chi connectivity index (χ1) is 8.74. The highest BCUT2D eigenvalue weighted by Gasteiger charge is 2.57. The first-order valence-corrected chi connectivity index (χ1v) is 7.51. The van der Waals surface area contributed by atoms with Gasteiger partial charge in [-0.3, -0.25) is 0 Å². The van der Waals surface area contributed by atoms with Crippen molar-refractivity contribution in [1.82, 2.24) is 15.0 Å². The fraction of sp³-hybridized carbons (Fsp3) is 0.833. The first-order valence-electron chi connectivity index (χ1n) is 6.37. The second-order valence-electron chi connectivity index (χ2n) is 5.52. The molecular formula is C12H18Cl3N3O. The van der Waals surface area contributed by atoms with Gasteiger partial charge in [0, 0.05) is 6.20 Å². The van der Waals surface area contributed by atoms with Crippen LogP contribution < -0.4 is 0 Å². The summed E-state index contributed by atoms with van der Waals surface area (Å²) in [5.74, 6) is 0. The summed E-state index contributed by atoms with van der Waals surface area (Å²) in [7, 11) is 0. The summed E-state index contributed by atoms with van der Waals surface area (Å²) in [6.07, 6.45) is 6.82. The van der Waals surface area contributed by atoms with Gasteiger partial charge in [0.15, 0.2) is 0 Å². The van der Waals surface area contributed by atoms with Crippen molar-refractivity contribution in [3.8, 4) is 0 Å². The number of hydrogen-bond donors (Lipinski definition) is 1. The van der Waals surface area contributed by atoms with Gasteiger partial charge in [0.05, 0.1) is 17.6 Å². The molecule has 1 atom stereocenters. The van der Waals surface area contributed by atoms with Crippen LogP contribution >= 0.6 is 34.8 Å². The third-order valence-corrected chi connectivity index (χ3v) is 4.73. The molecule has 0 amide bonds.